The van der Waals surface area contributed by atoms with Crippen LogP contribution in [-0.4, -0.2) is 37.1 Å². The summed E-state index contributed by atoms with van der Waals surface area (Å²) in [6.45, 7) is 18.2. The molecule has 0 aromatic rings. The standard InChI is InChI=1S/C13H30N2/c1-7-15(12(2)3)11-10-14-9-8-13(4,5)6/h12,14H,7-11H2,1-6H3. The van der Waals surface area contributed by atoms with Crippen LogP contribution in [-0.2, 0) is 0 Å². The Bertz CT molecular complexity index is 147. The Kier molecular flexibility index (Phi) is 7.20. The van der Waals surface area contributed by atoms with Crippen molar-refractivity contribution in [3.63, 3.8) is 0 Å². The van der Waals surface area contributed by atoms with Crippen LogP contribution < -0.4 is 5.32 Å². The molecule has 15 heavy (non-hydrogen) atoms. The largest absolute Gasteiger partial charge is 0.315 e. The molecule has 0 aliphatic rings. The van der Waals surface area contributed by atoms with Gasteiger partial charge in [-0.25, -0.2) is 0 Å². The smallest absolute Gasteiger partial charge is 0.0109 e. The molecule has 0 aliphatic heterocycles. The maximum absolute atomic E-state index is 3.52. The first kappa shape index (κ1) is 14.9. The molecule has 0 aromatic carbocycles. The van der Waals surface area contributed by atoms with E-state index in [9.17, 15) is 0 Å². The van der Waals surface area contributed by atoms with E-state index in [0.717, 1.165) is 26.2 Å². The molecule has 0 amide bonds. The first-order valence-corrected chi connectivity index (χ1v) is 6.31. The summed E-state index contributed by atoms with van der Waals surface area (Å²) >= 11 is 0. The Hall–Kier alpha value is -0.0800. The second-order valence-corrected chi connectivity index (χ2v) is 5.78. The van der Waals surface area contributed by atoms with Crippen LogP contribution in [0.2, 0.25) is 0 Å². The van der Waals surface area contributed by atoms with Crippen LogP contribution in [0.4, 0.5) is 0 Å². The van der Waals surface area contributed by atoms with Gasteiger partial charge in [0, 0.05) is 19.1 Å². The Morgan fingerprint density at radius 2 is 1.73 bits per heavy atom. The molecule has 0 radical (unpaired) electrons. The SMILES string of the molecule is CCN(CCNCCC(C)(C)C)C(C)C. The second kappa shape index (κ2) is 7.24. The van der Waals surface area contributed by atoms with Crippen molar-refractivity contribution in [1.29, 1.82) is 0 Å². The van der Waals surface area contributed by atoms with E-state index in [-0.39, 0.29) is 0 Å². The van der Waals surface area contributed by atoms with Gasteiger partial charge in [-0.3, -0.25) is 4.90 Å². The Balaban J connectivity index is 3.45. The first-order chi connectivity index (χ1) is 6.87. The van der Waals surface area contributed by atoms with E-state index in [4.69, 9.17) is 0 Å². The highest BCUT2D eigenvalue weighted by molar-refractivity contribution is 4.65. The van der Waals surface area contributed by atoms with Crippen LogP contribution in [0.15, 0.2) is 0 Å². The highest BCUT2D eigenvalue weighted by atomic mass is 15.2. The summed E-state index contributed by atoms with van der Waals surface area (Å²) in [5.74, 6) is 0. The lowest BCUT2D eigenvalue weighted by atomic mass is 9.92. The van der Waals surface area contributed by atoms with Gasteiger partial charge >= 0.3 is 0 Å². The third kappa shape index (κ3) is 8.88. The molecule has 0 rings (SSSR count). The molecule has 0 saturated carbocycles. The fraction of sp³-hybridized carbons (Fsp3) is 1.00. The summed E-state index contributed by atoms with van der Waals surface area (Å²) in [6, 6.07) is 0.666. The number of hydrogen-bond donors (Lipinski definition) is 1. The Morgan fingerprint density at radius 3 is 2.13 bits per heavy atom. The van der Waals surface area contributed by atoms with Crippen LogP contribution >= 0.6 is 0 Å². The number of hydrogen-bond acceptors (Lipinski definition) is 2. The summed E-state index contributed by atoms with van der Waals surface area (Å²) in [4.78, 5) is 2.49. The van der Waals surface area contributed by atoms with Gasteiger partial charge in [-0.05, 0) is 38.8 Å². The minimum atomic E-state index is 0.454. The normalized spacial score (nSPS) is 12.8. The van der Waals surface area contributed by atoms with E-state index < -0.39 is 0 Å². The molecule has 0 saturated heterocycles. The van der Waals surface area contributed by atoms with Gasteiger partial charge in [0.05, 0.1) is 0 Å². The molecule has 0 aliphatic carbocycles. The summed E-state index contributed by atoms with van der Waals surface area (Å²) in [6.07, 6.45) is 1.25. The lowest BCUT2D eigenvalue weighted by molar-refractivity contribution is 0.232. The number of rotatable bonds is 7. The average Bonchev–Trinajstić information content (AvgIpc) is 2.08. The van der Waals surface area contributed by atoms with E-state index in [1.54, 1.807) is 0 Å². The summed E-state index contributed by atoms with van der Waals surface area (Å²) in [5.41, 5.74) is 0.454. The maximum atomic E-state index is 3.52. The van der Waals surface area contributed by atoms with Crippen molar-refractivity contribution in [1.82, 2.24) is 10.2 Å². The van der Waals surface area contributed by atoms with Crippen molar-refractivity contribution in [2.24, 2.45) is 5.41 Å². The summed E-state index contributed by atoms with van der Waals surface area (Å²) in [7, 11) is 0. The molecule has 0 atom stereocenters. The van der Waals surface area contributed by atoms with E-state index >= 15 is 0 Å². The molecule has 0 spiro atoms. The monoisotopic (exact) mass is 214 g/mol. The van der Waals surface area contributed by atoms with E-state index in [1.165, 1.54) is 6.42 Å². The van der Waals surface area contributed by atoms with Crippen molar-refractivity contribution in [3.05, 3.63) is 0 Å². The van der Waals surface area contributed by atoms with Crippen LogP contribution in [0.1, 0.15) is 48.0 Å². The fourth-order valence-electron chi connectivity index (χ4n) is 1.59. The third-order valence-corrected chi connectivity index (χ3v) is 2.76. The predicted molar refractivity (Wildman–Crippen MR) is 69.3 cm³/mol. The highest BCUT2D eigenvalue weighted by Crippen LogP contribution is 2.16. The Morgan fingerprint density at radius 1 is 1.13 bits per heavy atom. The number of nitrogens with one attached hydrogen (secondary N) is 1. The minimum Gasteiger partial charge on any atom is -0.315 e. The molecule has 92 valence electrons. The lowest BCUT2D eigenvalue weighted by Crippen LogP contribution is -2.37. The van der Waals surface area contributed by atoms with E-state index in [1.807, 2.05) is 0 Å². The molecule has 0 unspecified atom stereocenters. The zero-order valence-electron chi connectivity index (χ0n) is 11.6. The maximum Gasteiger partial charge on any atom is 0.0109 e. The van der Waals surface area contributed by atoms with Gasteiger partial charge < -0.3 is 5.32 Å². The van der Waals surface area contributed by atoms with Crippen molar-refractivity contribution >= 4 is 0 Å². The number of likely N-dealkylation sites (N-methyl/N-ethyl adjacent to an activating group) is 1. The fourth-order valence-corrected chi connectivity index (χ4v) is 1.59. The van der Waals surface area contributed by atoms with Crippen LogP contribution in [0.3, 0.4) is 0 Å². The van der Waals surface area contributed by atoms with Gasteiger partial charge in [0.15, 0.2) is 0 Å². The zero-order chi connectivity index (χ0) is 11.9. The van der Waals surface area contributed by atoms with Gasteiger partial charge in [-0.1, -0.05) is 27.7 Å². The van der Waals surface area contributed by atoms with Crippen molar-refractivity contribution < 1.29 is 0 Å². The van der Waals surface area contributed by atoms with Gasteiger partial charge in [-0.2, -0.15) is 0 Å². The minimum absolute atomic E-state index is 0.454. The molecule has 0 heterocycles. The van der Waals surface area contributed by atoms with Gasteiger partial charge in [0.25, 0.3) is 0 Å². The zero-order valence-corrected chi connectivity index (χ0v) is 11.6. The second-order valence-electron chi connectivity index (χ2n) is 5.78. The predicted octanol–water partition coefficient (Wildman–Crippen LogP) is 2.74. The van der Waals surface area contributed by atoms with E-state index in [2.05, 4.69) is 51.8 Å². The van der Waals surface area contributed by atoms with Crippen LogP contribution in [0.25, 0.3) is 0 Å². The van der Waals surface area contributed by atoms with Crippen molar-refractivity contribution in [2.75, 3.05) is 26.2 Å². The van der Waals surface area contributed by atoms with Gasteiger partial charge in [-0.15, -0.1) is 0 Å². The molecular weight excluding hydrogens is 184 g/mol. The summed E-state index contributed by atoms with van der Waals surface area (Å²) < 4.78 is 0. The van der Waals surface area contributed by atoms with Gasteiger partial charge in [0.1, 0.15) is 0 Å². The molecule has 2 heteroatoms. The van der Waals surface area contributed by atoms with Crippen LogP contribution in [0.5, 0.6) is 0 Å². The lowest BCUT2D eigenvalue weighted by Gasteiger charge is -2.25. The third-order valence-electron chi connectivity index (χ3n) is 2.76. The van der Waals surface area contributed by atoms with Crippen molar-refractivity contribution in [2.45, 2.75) is 54.0 Å². The molecule has 1 N–H and O–H groups in total. The average molecular weight is 214 g/mol. The summed E-state index contributed by atoms with van der Waals surface area (Å²) in [5, 5.41) is 3.52. The topological polar surface area (TPSA) is 15.3 Å². The molecule has 0 fully saturated rings. The van der Waals surface area contributed by atoms with Crippen LogP contribution in [0, 0.1) is 5.41 Å². The van der Waals surface area contributed by atoms with Gasteiger partial charge in [0.2, 0.25) is 0 Å². The highest BCUT2D eigenvalue weighted by Gasteiger charge is 2.09. The van der Waals surface area contributed by atoms with E-state index in [0.29, 0.717) is 11.5 Å². The molecule has 0 aromatic heterocycles. The van der Waals surface area contributed by atoms with Crippen molar-refractivity contribution in [3.8, 4) is 0 Å². The quantitative estimate of drug-likeness (QED) is 0.656. The molecular formula is C13H30N2. The molecule has 0 bridgehead atoms. The Labute approximate surface area is 96.4 Å². The first-order valence-electron chi connectivity index (χ1n) is 6.31. The molecule has 2 nitrogen and oxygen atoms in total. The number of nitrogens with zero attached hydrogens (tertiary/aromatic N) is 1.